The van der Waals surface area contributed by atoms with Crippen LogP contribution in [-0.2, 0) is 19.1 Å². The van der Waals surface area contributed by atoms with Crippen LogP contribution in [0.25, 0.3) is 0 Å². The van der Waals surface area contributed by atoms with Crippen molar-refractivity contribution in [2.45, 2.75) is 35.2 Å². The molecule has 2 bridgehead atoms. The number of carbonyl (C=O) groups excluding carboxylic acids is 3. The lowest BCUT2D eigenvalue weighted by atomic mass is 9.96. The quantitative estimate of drug-likeness (QED) is 0.553. The van der Waals surface area contributed by atoms with Crippen LogP contribution in [0.15, 0.2) is 23.8 Å². The van der Waals surface area contributed by atoms with Crippen molar-refractivity contribution < 1.29 is 24.2 Å². The normalized spacial score (nSPS) is 39.7. The molecule has 7 nitrogen and oxygen atoms in total. The van der Waals surface area contributed by atoms with Crippen molar-refractivity contribution >= 4 is 39.4 Å². The Morgan fingerprint density at radius 3 is 2.83 bits per heavy atom. The fraction of sp³-hybridized carbons (Fsp3) is 0.533. The second-order valence-electron chi connectivity index (χ2n) is 6.26. The highest BCUT2D eigenvalue weighted by Gasteiger charge is 2.73. The van der Waals surface area contributed by atoms with Gasteiger partial charge in [0.25, 0.3) is 11.8 Å². The first-order valence-corrected chi connectivity index (χ1v) is 9.66. The highest BCUT2D eigenvalue weighted by molar-refractivity contribution is 8.78. The van der Waals surface area contributed by atoms with E-state index in [2.05, 4.69) is 0 Å². The molecule has 0 aromatic carbocycles. The molecule has 0 radical (unpaired) electrons. The maximum Gasteiger partial charge on any atom is 0.303 e. The number of allylic oxidation sites excluding steroid dienone is 2. The van der Waals surface area contributed by atoms with E-state index in [9.17, 15) is 19.5 Å². The number of hydrogen-bond donors (Lipinski definition) is 1. The number of aliphatic hydroxyl groups excluding tert-OH is 1. The van der Waals surface area contributed by atoms with E-state index in [0.29, 0.717) is 6.42 Å². The van der Waals surface area contributed by atoms with Crippen LogP contribution < -0.4 is 0 Å². The van der Waals surface area contributed by atoms with Gasteiger partial charge in [-0.1, -0.05) is 22.9 Å². The second-order valence-corrected chi connectivity index (χ2v) is 8.94. The van der Waals surface area contributed by atoms with E-state index in [1.807, 2.05) is 6.08 Å². The zero-order valence-corrected chi connectivity index (χ0v) is 14.7. The van der Waals surface area contributed by atoms with Gasteiger partial charge >= 0.3 is 5.97 Å². The predicted octanol–water partition coefficient (Wildman–Crippen LogP) is 0.267. The number of carbonyl (C=O) groups is 3. The molecule has 4 fully saturated rings. The summed E-state index contributed by atoms with van der Waals surface area (Å²) in [6, 6.07) is -0.497. The molecule has 5 rings (SSSR count). The number of ether oxygens (including phenoxy) is 1. The Morgan fingerprint density at radius 1 is 1.42 bits per heavy atom. The van der Waals surface area contributed by atoms with Crippen LogP contribution in [0.1, 0.15) is 13.3 Å². The molecule has 4 aliphatic heterocycles. The zero-order chi connectivity index (χ0) is 17.3. The molecule has 4 heterocycles. The Morgan fingerprint density at radius 2 is 2.17 bits per heavy atom. The number of amides is 2. The van der Waals surface area contributed by atoms with Gasteiger partial charge in [0.2, 0.25) is 4.87 Å². The topological polar surface area (TPSA) is 87.2 Å². The highest BCUT2D eigenvalue weighted by Crippen LogP contribution is 2.64. The molecule has 9 heteroatoms. The van der Waals surface area contributed by atoms with Crippen LogP contribution in [0, 0.1) is 0 Å². The summed E-state index contributed by atoms with van der Waals surface area (Å²) in [7, 11) is 4.11. The predicted molar refractivity (Wildman–Crippen MR) is 88.5 cm³/mol. The molecule has 1 N–H and O–H groups in total. The molecular formula is C15H16N2O5S2. The fourth-order valence-corrected chi connectivity index (χ4v) is 7.39. The summed E-state index contributed by atoms with van der Waals surface area (Å²) in [6.45, 7) is 0.859. The Bertz CT molecular complexity index is 723. The Kier molecular flexibility index (Phi) is 3.36. The molecule has 0 unspecified atom stereocenters. The first-order valence-electron chi connectivity index (χ1n) is 7.51. The second kappa shape index (κ2) is 5.03. The van der Waals surface area contributed by atoms with Crippen LogP contribution in [0.2, 0.25) is 0 Å². The summed E-state index contributed by atoms with van der Waals surface area (Å²) >= 11 is 0. The third-order valence-corrected chi connectivity index (χ3v) is 8.61. The monoisotopic (exact) mass is 368 g/mol. The van der Waals surface area contributed by atoms with Gasteiger partial charge in [0.15, 0.2) is 4.87 Å². The van der Waals surface area contributed by atoms with E-state index in [4.69, 9.17) is 4.74 Å². The van der Waals surface area contributed by atoms with E-state index in [1.165, 1.54) is 38.3 Å². The lowest BCUT2D eigenvalue weighted by molar-refractivity contribution is -0.170. The largest absolute Gasteiger partial charge is 0.456 e. The van der Waals surface area contributed by atoms with Gasteiger partial charge < -0.3 is 19.6 Å². The minimum atomic E-state index is -1.32. The van der Waals surface area contributed by atoms with Crippen molar-refractivity contribution in [3.05, 3.63) is 23.8 Å². The molecule has 1 aliphatic carbocycles. The first-order chi connectivity index (χ1) is 11.4. The van der Waals surface area contributed by atoms with Crippen LogP contribution in [0.4, 0.5) is 0 Å². The van der Waals surface area contributed by atoms with Gasteiger partial charge in [-0.05, 0) is 22.4 Å². The molecule has 128 valence electrons. The van der Waals surface area contributed by atoms with Gasteiger partial charge in [-0.2, -0.15) is 0 Å². The maximum atomic E-state index is 13.2. The lowest BCUT2D eigenvalue weighted by Crippen LogP contribution is -2.77. The summed E-state index contributed by atoms with van der Waals surface area (Å²) in [4.78, 5) is 38.2. The van der Waals surface area contributed by atoms with E-state index >= 15 is 0 Å². The smallest absolute Gasteiger partial charge is 0.303 e. The van der Waals surface area contributed by atoms with Crippen LogP contribution in [0.5, 0.6) is 0 Å². The highest BCUT2D eigenvalue weighted by atomic mass is 33.1. The van der Waals surface area contributed by atoms with E-state index in [0.717, 1.165) is 5.57 Å². The minimum Gasteiger partial charge on any atom is -0.456 e. The van der Waals surface area contributed by atoms with Crippen molar-refractivity contribution in [3.8, 4) is 0 Å². The number of likely N-dealkylation sites (N-methyl/N-ethyl adjacent to an activating group) is 1. The molecule has 1 spiro atoms. The van der Waals surface area contributed by atoms with E-state index in [-0.39, 0.29) is 11.8 Å². The molecule has 24 heavy (non-hydrogen) atoms. The molecule has 5 aliphatic rings. The van der Waals surface area contributed by atoms with Crippen LogP contribution in [0.3, 0.4) is 0 Å². The number of rotatable bonds is 2. The summed E-state index contributed by atoms with van der Waals surface area (Å²) in [5.74, 6) is -0.947. The lowest BCUT2D eigenvalue weighted by Gasteiger charge is -2.58. The van der Waals surface area contributed by atoms with Crippen molar-refractivity contribution in [2.24, 2.45) is 0 Å². The Labute approximate surface area is 146 Å². The molecule has 4 atom stereocenters. The SMILES string of the molecule is CC(=O)O[C@H]1C=CC=C2C[C@]34SS[C@](CO)(C(=O)N3[C@@H]21)N(C)C4=O. The first kappa shape index (κ1) is 16.0. The van der Waals surface area contributed by atoms with Crippen LogP contribution in [-0.4, -0.2) is 68.2 Å². The van der Waals surface area contributed by atoms with Gasteiger partial charge in [-0.3, -0.25) is 14.4 Å². The summed E-state index contributed by atoms with van der Waals surface area (Å²) < 4.78 is 5.37. The zero-order valence-electron chi connectivity index (χ0n) is 13.1. The molecule has 2 amide bonds. The summed E-state index contributed by atoms with van der Waals surface area (Å²) in [5.41, 5.74) is 0.891. The number of aliphatic hydroxyl groups is 1. The van der Waals surface area contributed by atoms with Crippen molar-refractivity contribution in [3.63, 3.8) is 0 Å². The summed E-state index contributed by atoms with van der Waals surface area (Å²) in [6.07, 6.45) is 5.17. The van der Waals surface area contributed by atoms with Gasteiger partial charge in [0.1, 0.15) is 6.10 Å². The average molecular weight is 368 g/mol. The fourth-order valence-electron chi connectivity index (χ4n) is 3.82. The number of fused-ring (bicyclic) bond motifs is 3. The van der Waals surface area contributed by atoms with Crippen molar-refractivity contribution in [1.82, 2.24) is 9.80 Å². The minimum absolute atomic E-state index is 0.197. The van der Waals surface area contributed by atoms with E-state index < -0.39 is 34.5 Å². The Balaban J connectivity index is 1.83. The standard InChI is InChI=1S/C15H16N2O5S2/c1-8(19)22-10-5-3-4-9-6-14-12(20)16(2)15(7-18,24-23-14)13(21)17(14)11(9)10/h3-5,10-11,18H,6-7H2,1-2H3/t10-,11-,14+,15+/m0/s1. The molecular weight excluding hydrogens is 352 g/mol. The third kappa shape index (κ3) is 1.72. The molecule has 0 saturated carbocycles. The molecule has 0 aromatic rings. The van der Waals surface area contributed by atoms with E-state index in [1.54, 1.807) is 19.2 Å². The number of hydrogen-bond acceptors (Lipinski definition) is 7. The number of nitrogens with zero attached hydrogens (tertiary/aromatic N) is 2. The Hall–Kier alpha value is -1.45. The molecule has 0 aromatic heterocycles. The van der Waals surface area contributed by atoms with Gasteiger partial charge in [-0.25, -0.2) is 0 Å². The van der Waals surface area contributed by atoms with Gasteiger partial charge in [0.05, 0.1) is 12.6 Å². The van der Waals surface area contributed by atoms with Crippen molar-refractivity contribution in [2.75, 3.05) is 13.7 Å². The van der Waals surface area contributed by atoms with Crippen molar-refractivity contribution in [1.29, 1.82) is 0 Å². The van der Waals surface area contributed by atoms with Crippen LogP contribution >= 0.6 is 21.6 Å². The number of esters is 1. The third-order valence-electron chi connectivity index (χ3n) is 4.98. The summed E-state index contributed by atoms with van der Waals surface area (Å²) in [5, 5.41) is 9.86. The molecule has 4 saturated heterocycles. The maximum absolute atomic E-state index is 13.2. The van der Waals surface area contributed by atoms with Gasteiger partial charge in [0, 0.05) is 20.4 Å². The number of piperazine rings is 1. The van der Waals surface area contributed by atoms with Gasteiger partial charge in [-0.15, -0.1) is 0 Å². The average Bonchev–Trinajstić information content (AvgIpc) is 2.90.